The van der Waals surface area contributed by atoms with Gasteiger partial charge in [0.1, 0.15) is 0 Å². The van der Waals surface area contributed by atoms with E-state index in [-0.39, 0.29) is 6.42 Å². The number of aromatic nitrogens is 1. The predicted molar refractivity (Wildman–Crippen MR) is 52.3 cm³/mol. The van der Waals surface area contributed by atoms with E-state index in [9.17, 15) is 4.79 Å². The van der Waals surface area contributed by atoms with Gasteiger partial charge in [-0.05, 0) is 19.8 Å². The molecule has 0 aromatic carbocycles. The van der Waals surface area contributed by atoms with Crippen molar-refractivity contribution in [2.45, 2.75) is 20.3 Å². The Balaban J connectivity index is 2.72. The maximum absolute atomic E-state index is 10.4. The van der Waals surface area contributed by atoms with Gasteiger partial charge in [0, 0.05) is 4.88 Å². The van der Waals surface area contributed by atoms with Crippen LogP contribution in [-0.2, 0) is 4.79 Å². The Morgan fingerprint density at radius 1 is 1.62 bits per heavy atom. The van der Waals surface area contributed by atoms with Crippen molar-refractivity contribution in [2.75, 3.05) is 0 Å². The van der Waals surface area contributed by atoms with Gasteiger partial charge >= 0.3 is 0 Å². The molecule has 1 aromatic rings. The third kappa shape index (κ3) is 2.88. The molecule has 0 spiro atoms. The van der Waals surface area contributed by atoms with Crippen molar-refractivity contribution >= 4 is 17.2 Å². The Morgan fingerprint density at radius 3 is 2.77 bits per heavy atom. The molecule has 0 aliphatic carbocycles. The van der Waals surface area contributed by atoms with E-state index < -0.39 is 5.91 Å². The number of amides is 1. The molecule has 0 bridgehead atoms. The maximum Gasteiger partial charge on any atom is 0.229 e. The topological polar surface area (TPSA) is 56.0 Å². The van der Waals surface area contributed by atoms with E-state index >= 15 is 0 Å². The van der Waals surface area contributed by atoms with Crippen LogP contribution in [0.4, 0.5) is 0 Å². The molecule has 3 nitrogen and oxygen atoms in total. The minimum atomic E-state index is -0.405. The third-order valence-corrected chi connectivity index (χ3v) is 2.47. The quantitative estimate of drug-likeness (QED) is 0.678. The van der Waals surface area contributed by atoms with Gasteiger partial charge in [0.05, 0.1) is 12.1 Å². The highest BCUT2D eigenvalue weighted by Crippen LogP contribution is 2.14. The summed E-state index contributed by atoms with van der Waals surface area (Å²) < 4.78 is 0. The van der Waals surface area contributed by atoms with Crippen LogP contribution < -0.4 is 5.73 Å². The second kappa shape index (κ2) is 4.06. The van der Waals surface area contributed by atoms with Crippen molar-refractivity contribution in [2.24, 2.45) is 5.73 Å². The number of thiazole rings is 1. The molecule has 68 valence electrons. The fraction of sp³-hybridized carbons (Fsp3) is 0.333. The van der Waals surface area contributed by atoms with E-state index in [1.165, 1.54) is 11.3 Å². The van der Waals surface area contributed by atoms with Gasteiger partial charge in [0.25, 0.3) is 0 Å². The van der Waals surface area contributed by atoms with Crippen LogP contribution in [0.1, 0.15) is 22.0 Å². The highest BCUT2D eigenvalue weighted by Gasteiger charge is 1.99. The first-order chi connectivity index (χ1) is 6.09. The molecule has 1 amide bonds. The fourth-order valence-corrected chi connectivity index (χ4v) is 1.52. The number of carbonyl (C=O) groups excluding carboxylic acids is 1. The molecule has 0 atom stereocenters. The van der Waals surface area contributed by atoms with Gasteiger partial charge in [-0.1, -0.05) is 5.92 Å². The number of rotatable bonds is 1. The van der Waals surface area contributed by atoms with Crippen LogP contribution in [0.3, 0.4) is 0 Å². The highest BCUT2D eigenvalue weighted by atomic mass is 32.1. The van der Waals surface area contributed by atoms with Crippen LogP contribution in [0.15, 0.2) is 0 Å². The third-order valence-electron chi connectivity index (χ3n) is 1.49. The zero-order valence-corrected chi connectivity index (χ0v) is 8.36. The predicted octanol–water partition coefficient (Wildman–Crippen LogP) is 0.987. The van der Waals surface area contributed by atoms with E-state index in [0.29, 0.717) is 0 Å². The summed E-state index contributed by atoms with van der Waals surface area (Å²) >= 11 is 1.53. The van der Waals surface area contributed by atoms with Gasteiger partial charge in [-0.3, -0.25) is 4.79 Å². The van der Waals surface area contributed by atoms with Crippen molar-refractivity contribution in [3.8, 4) is 11.8 Å². The number of carbonyl (C=O) groups is 1. The van der Waals surface area contributed by atoms with Crippen LogP contribution in [-0.4, -0.2) is 10.9 Å². The van der Waals surface area contributed by atoms with Crippen LogP contribution in [0.2, 0.25) is 0 Å². The van der Waals surface area contributed by atoms with E-state index in [0.717, 1.165) is 15.6 Å². The Morgan fingerprint density at radius 2 is 2.31 bits per heavy atom. The molecule has 0 radical (unpaired) electrons. The Kier molecular flexibility index (Phi) is 3.04. The van der Waals surface area contributed by atoms with Crippen molar-refractivity contribution in [1.29, 1.82) is 0 Å². The zero-order valence-electron chi connectivity index (χ0n) is 7.55. The van der Waals surface area contributed by atoms with Crippen molar-refractivity contribution in [3.63, 3.8) is 0 Å². The lowest BCUT2D eigenvalue weighted by Crippen LogP contribution is -2.08. The number of aryl methyl sites for hydroxylation is 2. The summed E-state index contributed by atoms with van der Waals surface area (Å²) in [7, 11) is 0. The molecular formula is C9H10N2OS. The summed E-state index contributed by atoms with van der Waals surface area (Å²) in [5, 5.41) is 0.747. The number of primary amides is 1. The van der Waals surface area contributed by atoms with Gasteiger partial charge in [0.15, 0.2) is 5.01 Å². The first-order valence-corrected chi connectivity index (χ1v) is 4.62. The summed E-state index contributed by atoms with van der Waals surface area (Å²) in [6.45, 7) is 3.93. The highest BCUT2D eigenvalue weighted by molar-refractivity contribution is 7.12. The van der Waals surface area contributed by atoms with Crippen LogP contribution in [0.25, 0.3) is 0 Å². The lowest BCUT2D eigenvalue weighted by molar-refractivity contribution is -0.117. The summed E-state index contributed by atoms with van der Waals surface area (Å²) in [6, 6.07) is 0. The SMILES string of the molecule is Cc1nc(C#CCC(N)=O)sc1C. The average Bonchev–Trinajstić information content (AvgIpc) is 2.30. The zero-order chi connectivity index (χ0) is 9.84. The maximum atomic E-state index is 10.4. The Bertz CT molecular complexity index is 365. The molecule has 0 saturated heterocycles. The van der Waals surface area contributed by atoms with Crippen LogP contribution in [0.5, 0.6) is 0 Å². The molecule has 13 heavy (non-hydrogen) atoms. The largest absolute Gasteiger partial charge is 0.369 e. The number of hydrogen-bond acceptors (Lipinski definition) is 3. The fourth-order valence-electron chi connectivity index (χ4n) is 0.733. The van der Waals surface area contributed by atoms with E-state index in [4.69, 9.17) is 5.73 Å². The normalized spacial score (nSPS) is 9.08. The second-order valence-corrected chi connectivity index (χ2v) is 3.81. The van der Waals surface area contributed by atoms with Crippen molar-refractivity contribution in [3.05, 3.63) is 15.6 Å². The minimum absolute atomic E-state index is 0.0949. The molecule has 0 aliphatic heterocycles. The lowest BCUT2D eigenvalue weighted by atomic mass is 10.4. The summed E-state index contributed by atoms with van der Waals surface area (Å²) in [5.41, 5.74) is 5.93. The first-order valence-electron chi connectivity index (χ1n) is 3.81. The first kappa shape index (κ1) is 9.75. The van der Waals surface area contributed by atoms with Gasteiger partial charge in [-0.2, -0.15) is 0 Å². The van der Waals surface area contributed by atoms with Gasteiger partial charge < -0.3 is 5.73 Å². The molecular weight excluding hydrogens is 184 g/mol. The second-order valence-electron chi connectivity index (χ2n) is 2.61. The van der Waals surface area contributed by atoms with Gasteiger partial charge in [-0.25, -0.2) is 4.98 Å². The lowest BCUT2D eigenvalue weighted by Gasteiger charge is -1.78. The summed E-state index contributed by atoms with van der Waals surface area (Å²) in [5.74, 6) is 5.05. The van der Waals surface area contributed by atoms with Crippen LogP contribution >= 0.6 is 11.3 Å². The molecule has 2 N–H and O–H groups in total. The van der Waals surface area contributed by atoms with E-state index in [1.807, 2.05) is 13.8 Å². The average molecular weight is 194 g/mol. The summed E-state index contributed by atoms with van der Waals surface area (Å²) in [4.78, 5) is 15.7. The van der Waals surface area contributed by atoms with Crippen LogP contribution in [0, 0.1) is 25.7 Å². The Hall–Kier alpha value is -1.34. The van der Waals surface area contributed by atoms with E-state index in [2.05, 4.69) is 16.8 Å². The molecule has 4 heteroatoms. The Labute approximate surface area is 81.0 Å². The van der Waals surface area contributed by atoms with Gasteiger partial charge in [-0.15, -0.1) is 11.3 Å². The standard InChI is InChI=1S/C9H10N2OS/c1-6-7(2)13-9(11-6)5-3-4-8(10)12/h4H2,1-2H3,(H2,10,12). The molecule has 1 aromatic heterocycles. The monoisotopic (exact) mass is 194 g/mol. The molecule has 0 unspecified atom stereocenters. The molecule has 0 saturated carbocycles. The minimum Gasteiger partial charge on any atom is -0.369 e. The smallest absolute Gasteiger partial charge is 0.229 e. The molecule has 0 fully saturated rings. The number of hydrogen-bond donors (Lipinski definition) is 1. The molecule has 1 rings (SSSR count). The number of nitrogens with two attached hydrogens (primary N) is 1. The van der Waals surface area contributed by atoms with Crippen molar-refractivity contribution < 1.29 is 4.79 Å². The molecule has 1 heterocycles. The molecule has 0 aliphatic rings. The van der Waals surface area contributed by atoms with E-state index in [1.54, 1.807) is 0 Å². The number of nitrogens with zero attached hydrogens (tertiary/aromatic N) is 1. The van der Waals surface area contributed by atoms with Crippen molar-refractivity contribution in [1.82, 2.24) is 4.98 Å². The van der Waals surface area contributed by atoms with Gasteiger partial charge in [0.2, 0.25) is 5.91 Å². The summed E-state index contributed by atoms with van der Waals surface area (Å²) in [6.07, 6.45) is 0.0949.